The topological polar surface area (TPSA) is 84.9 Å². The minimum absolute atomic E-state index is 0.134. The number of rotatable bonds is 12. The Balaban J connectivity index is 1.15. The zero-order valence-electron chi connectivity index (χ0n) is 23.0. The molecular weight excluding hydrogens is 526 g/mol. The van der Waals surface area contributed by atoms with Gasteiger partial charge in [0.1, 0.15) is 30.8 Å². The Morgan fingerprint density at radius 3 is 1.83 bits per heavy atom. The fourth-order valence-corrected chi connectivity index (χ4v) is 4.46. The van der Waals surface area contributed by atoms with E-state index in [1.165, 1.54) is 0 Å². The van der Waals surface area contributed by atoms with Crippen molar-refractivity contribution in [2.24, 2.45) is 0 Å². The fourth-order valence-electron chi connectivity index (χ4n) is 4.46. The number of ether oxygens (including phenoxy) is 2. The Morgan fingerprint density at radius 2 is 1.17 bits per heavy atom. The molecule has 1 unspecified atom stereocenters. The summed E-state index contributed by atoms with van der Waals surface area (Å²) in [5.74, 6) is -0.391. The number of nitrogens with one attached hydrogen (secondary N) is 1. The molecule has 210 valence electrons. The molecule has 0 aliphatic heterocycles. The molecule has 0 radical (unpaired) electrons. The molecule has 0 bridgehead atoms. The number of amides is 1. The van der Waals surface area contributed by atoms with Gasteiger partial charge in [-0.3, -0.25) is 4.79 Å². The van der Waals surface area contributed by atoms with Crippen molar-refractivity contribution < 1.29 is 24.2 Å². The van der Waals surface area contributed by atoms with Crippen molar-refractivity contribution in [3.05, 3.63) is 156 Å². The van der Waals surface area contributed by atoms with Gasteiger partial charge in [0, 0.05) is 12.0 Å². The molecule has 0 fully saturated rings. The summed E-state index contributed by atoms with van der Waals surface area (Å²) in [6.07, 6.45) is 0.134. The SMILES string of the molecule is O=C(NC(Cc1ccc(OCc2ccccc2)cc1)C(=O)O)c1cccc(OCc2ccc(-c3ccccc3)cc2)c1. The highest BCUT2D eigenvalue weighted by atomic mass is 16.5. The van der Waals surface area contributed by atoms with Crippen molar-refractivity contribution in [3.8, 4) is 22.6 Å². The number of hydrogen-bond donors (Lipinski definition) is 2. The second-order valence-electron chi connectivity index (χ2n) is 9.87. The number of aliphatic carboxylic acids is 1. The number of carbonyl (C=O) groups is 2. The predicted molar refractivity (Wildman–Crippen MR) is 162 cm³/mol. The first-order valence-electron chi connectivity index (χ1n) is 13.7. The molecule has 2 N–H and O–H groups in total. The number of hydrogen-bond acceptors (Lipinski definition) is 4. The van der Waals surface area contributed by atoms with Gasteiger partial charge >= 0.3 is 5.97 Å². The largest absolute Gasteiger partial charge is 0.489 e. The van der Waals surface area contributed by atoms with Gasteiger partial charge in [0.15, 0.2) is 0 Å². The van der Waals surface area contributed by atoms with Crippen LogP contribution in [0.1, 0.15) is 27.0 Å². The van der Waals surface area contributed by atoms with Crippen LogP contribution in [-0.4, -0.2) is 23.0 Å². The van der Waals surface area contributed by atoms with Crippen LogP contribution < -0.4 is 14.8 Å². The van der Waals surface area contributed by atoms with Gasteiger partial charge in [-0.05, 0) is 58.1 Å². The maximum absolute atomic E-state index is 13.0. The number of carboxylic acid groups (broad SMARTS) is 1. The standard InChI is InChI=1S/C36H31NO5/c38-35(37-34(36(39)40)22-26-16-20-32(21-17-26)41-24-27-8-3-1-4-9-27)31-12-7-13-33(23-31)42-25-28-14-18-30(19-15-28)29-10-5-2-6-11-29/h1-21,23,34H,22,24-25H2,(H,37,38)(H,39,40). The third kappa shape index (κ3) is 7.86. The van der Waals surface area contributed by atoms with Crippen molar-refractivity contribution in [3.63, 3.8) is 0 Å². The molecule has 1 atom stereocenters. The van der Waals surface area contributed by atoms with Gasteiger partial charge in [0.25, 0.3) is 5.91 Å². The molecular formula is C36H31NO5. The first kappa shape index (κ1) is 28.2. The van der Waals surface area contributed by atoms with Gasteiger partial charge in [-0.15, -0.1) is 0 Å². The maximum Gasteiger partial charge on any atom is 0.326 e. The second kappa shape index (κ2) is 13.8. The minimum Gasteiger partial charge on any atom is -0.489 e. The molecule has 0 saturated heterocycles. The molecule has 0 heterocycles. The van der Waals surface area contributed by atoms with Crippen LogP contribution in [0.15, 0.2) is 133 Å². The molecule has 5 rings (SSSR count). The van der Waals surface area contributed by atoms with Crippen LogP contribution >= 0.6 is 0 Å². The van der Waals surface area contributed by atoms with Crippen molar-refractivity contribution in [2.45, 2.75) is 25.7 Å². The highest BCUT2D eigenvalue weighted by Gasteiger charge is 2.21. The third-order valence-electron chi connectivity index (χ3n) is 6.78. The van der Waals surface area contributed by atoms with E-state index in [0.29, 0.717) is 30.3 Å². The summed E-state index contributed by atoms with van der Waals surface area (Å²) >= 11 is 0. The normalized spacial score (nSPS) is 11.3. The summed E-state index contributed by atoms with van der Waals surface area (Å²) < 4.78 is 11.7. The fraction of sp³-hybridized carbons (Fsp3) is 0.111. The first-order valence-corrected chi connectivity index (χ1v) is 13.7. The van der Waals surface area contributed by atoms with E-state index < -0.39 is 17.9 Å². The average Bonchev–Trinajstić information content (AvgIpc) is 3.04. The molecule has 0 saturated carbocycles. The number of benzene rings is 5. The van der Waals surface area contributed by atoms with Gasteiger partial charge in [-0.1, -0.05) is 103 Å². The van der Waals surface area contributed by atoms with Gasteiger partial charge < -0.3 is 19.9 Å². The lowest BCUT2D eigenvalue weighted by atomic mass is 10.0. The van der Waals surface area contributed by atoms with Crippen molar-refractivity contribution in [2.75, 3.05) is 0 Å². The third-order valence-corrected chi connectivity index (χ3v) is 6.78. The Kier molecular flexibility index (Phi) is 9.27. The van der Waals surface area contributed by atoms with E-state index in [2.05, 4.69) is 29.6 Å². The molecule has 0 aliphatic rings. The molecule has 6 heteroatoms. The van der Waals surface area contributed by atoms with E-state index in [1.807, 2.05) is 72.8 Å². The van der Waals surface area contributed by atoms with E-state index in [-0.39, 0.29) is 6.42 Å². The Hall–Kier alpha value is -5.36. The summed E-state index contributed by atoms with van der Waals surface area (Å²) in [5, 5.41) is 12.4. The van der Waals surface area contributed by atoms with Gasteiger partial charge in [-0.2, -0.15) is 0 Å². The van der Waals surface area contributed by atoms with Gasteiger partial charge in [0.05, 0.1) is 0 Å². The predicted octanol–water partition coefficient (Wildman–Crippen LogP) is 6.94. The van der Waals surface area contributed by atoms with Crippen LogP contribution in [0.25, 0.3) is 11.1 Å². The Labute approximate surface area is 245 Å². The summed E-state index contributed by atoms with van der Waals surface area (Å²) in [6, 6.07) is 41.0. The minimum atomic E-state index is -1.11. The Bertz CT molecular complexity index is 1600. The van der Waals surface area contributed by atoms with Crippen LogP contribution in [-0.2, 0) is 24.4 Å². The summed E-state index contributed by atoms with van der Waals surface area (Å²) in [6.45, 7) is 0.778. The van der Waals surface area contributed by atoms with Crippen molar-refractivity contribution >= 4 is 11.9 Å². The van der Waals surface area contributed by atoms with Crippen LogP contribution in [0.2, 0.25) is 0 Å². The van der Waals surface area contributed by atoms with E-state index in [1.54, 1.807) is 36.4 Å². The van der Waals surface area contributed by atoms with Crippen LogP contribution in [0.5, 0.6) is 11.5 Å². The first-order chi connectivity index (χ1) is 20.5. The van der Waals surface area contributed by atoms with E-state index in [4.69, 9.17) is 9.47 Å². The number of carbonyl (C=O) groups excluding carboxylic acids is 1. The lowest BCUT2D eigenvalue weighted by Crippen LogP contribution is -2.42. The van der Waals surface area contributed by atoms with Crippen LogP contribution in [0.4, 0.5) is 0 Å². The van der Waals surface area contributed by atoms with Crippen molar-refractivity contribution in [1.82, 2.24) is 5.32 Å². The summed E-state index contributed by atoms with van der Waals surface area (Å²) in [5.41, 5.74) is 5.41. The summed E-state index contributed by atoms with van der Waals surface area (Å²) in [4.78, 5) is 24.9. The Morgan fingerprint density at radius 1 is 0.595 bits per heavy atom. The second-order valence-corrected chi connectivity index (χ2v) is 9.87. The molecule has 0 aromatic heterocycles. The number of carboxylic acids is 1. The highest BCUT2D eigenvalue weighted by molar-refractivity contribution is 5.97. The highest BCUT2D eigenvalue weighted by Crippen LogP contribution is 2.21. The van der Waals surface area contributed by atoms with E-state index in [9.17, 15) is 14.7 Å². The van der Waals surface area contributed by atoms with E-state index >= 15 is 0 Å². The molecule has 1 amide bonds. The van der Waals surface area contributed by atoms with Crippen molar-refractivity contribution in [1.29, 1.82) is 0 Å². The molecule has 0 spiro atoms. The monoisotopic (exact) mass is 557 g/mol. The molecule has 5 aromatic rings. The van der Waals surface area contributed by atoms with Gasteiger partial charge in [-0.25, -0.2) is 4.79 Å². The average molecular weight is 558 g/mol. The lowest BCUT2D eigenvalue weighted by Gasteiger charge is -2.16. The zero-order valence-corrected chi connectivity index (χ0v) is 23.0. The lowest BCUT2D eigenvalue weighted by molar-refractivity contribution is -0.139. The molecule has 42 heavy (non-hydrogen) atoms. The molecule has 6 nitrogen and oxygen atoms in total. The maximum atomic E-state index is 13.0. The zero-order chi connectivity index (χ0) is 29.1. The quantitative estimate of drug-likeness (QED) is 0.174. The van der Waals surface area contributed by atoms with Crippen LogP contribution in [0.3, 0.4) is 0 Å². The molecule has 0 aliphatic carbocycles. The molecule has 5 aromatic carbocycles. The smallest absolute Gasteiger partial charge is 0.326 e. The van der Waals surface area contributed by atoms with Gasteiger partial charge in [0.2, 0.25) is 0 Å². The summed E-state index contributed by atoms with van der Waals surface area (Å²) in [7, 11) is 0. The van der Waals surface area contributed by atoms with Crippen LogP contribution in [0, 0.1) is 0 Å². The van der Waals surface area contributed by atoms with E-state index in [0.717, 1.165) is 27.8 Å².